The molecule has 11 nitrogen and oxygen atoms in total. The highest BCUT2D eigenvalue weighted by Gasteiger charge is 2.25. The summed E-state index contributed by atoms with van der Waals surface area (Å²) >= 11 is 0. The Kier molecular flexibility index (Phi) is 20.0. The SMILES string of the molecule is CCCCCCCCCCCCCCCCCCNC(=O)CCC(=O)OC[C@@H]1CNC[C@H](n2ccc(NC(=O)c3ccccc3)nc2=O)O1. The van der Waals surface area contributed by atoms with Gasteiger partial charge in [0.25, 0.3) is 5.91 Å². The van der Waals surface area contributed by atoms with E-state index < -0.39 is 24.0 Å². The van der Waals surface area contributed by atoms with E-state index in [9.17, 15) is 19.2 Å². The van der Waals surface area contributed by atoms with Crippen molar-refractivity contribution in [1.29, 1.82) is 0 Å². The number of carbonyl (C=O) groups excluding carboxylic acids is 3. The molecule has 3 N–H and O–H groups in total. The van der Waals surface area contributed by atoms with Crippen molar-refractivity contribution >= 4 is 23.6 Å². The molecule has 0 saturated carbocycles. The van der Waals surface area contributed by atoms with Crippen LogP contribution in [0.15, 0.2) is 47.4 Å². The normalized spacial score (nSPS) is 15.9. The molecule has 49 heavy (non-hydrogen) atoms. The number of rotatable bonds is 25. The van der Waals surface area contributed by atoms with Crippen LogP contribution in [0.4, 0.5) is 5.82 Å². The lowest BCUT2D eigenvalue weighted by molar-refractivity contribution is -0.155. The monoisotopic (exact) mass is 681 g/mol. The van der Waals surface area contributed by atoms with Crippen molar-refractivity contribution in [2.45, 2.75) is 135 Å². The topological polar surface area (TPSA) is 141 Å². The molecule has 1 fully saturated rings. The fourth-order valence-electron chi connectivity index (χ4n) is 5.89. The van der Waals surface area contributed by atoms with Crippen LogP contribution < -0.4 is 21.6 Å². The molecule has 0 spiro atoms. The number of carbonyl (C=O) groups is 3. The van der Waals surface area contributed by atoms with Gasteiger partial charge in [-0.05, 0) is 24.6 Å². The van der Waals surface area contributed by atoms with E-state index in [0.29, 0.717) is 25.2 Å². The van der Waals surface area contributed by atoms with Crippen LogP contribution in [-0.4, -0.2) is 59.7 Å². The van der Waals surface area contributed by atoms with Crippen molar-refractivity contribution in [3.8, 4) is 0 Å². The fraction of sp³-hybridized carbons (Fsp3) is 0.658. The van der Waals surface area contributed by atoms with E-state index in [2.05, 4.69) is 27.9 Å². The molecular weight excluding hydrogens is 622 g/mol. The lowest BCUT2D eigenvalue weighted by Gasteiger charge is -2.31. The van der Waals surface area contributed by atoms with E-state index in [1.165, 1.54) is 107 Å². The first-order chi connectivity index (χ1) is 24.0. The first kappa shape index (κ1) is 39.9. The number of anilines is 1. The lowest BCUT2D eigenvalue weighted by Crippen LogP contribution is -2.47. The van der Waals surface area contributed by atoms with E-state index >= 15 is 0 Å². The first-order valence-electron chi connectivity index (χ1n) is 18.7. The zero-order chi connectivity index (χ0) is 34.9. The number of morpholine rings is 1. The smallest absolute Gasteiger partial charge is 0.351 e. The summed E-state index contributed by atoms with van der Waals surface area (Å²) in [5, 5.41) is 8.70. The number of aromatic nitrogens is 2. The van der Waals surface area contributed by atoms with E-state index in [1.807, 2.05) is 6.07 Å². The quantitative estimate of drug-likeness (QED) is 0.0779. The van der Waals surface area contributed by atoms with Gasteiger partial charge in [0.1, 0.15) is 18.5 Å². The highest BCUT2D eigenvalue weighted by Crippen LogP contribution is 2.16. The maximum Gasteiger partial charge on any atom is 0.351 e. The predicted molar refractivity (Wildman–Crippen MR) is 192 cm³/mol. The van der Waals surface area contributed by atoms with E-state index in [0.717, 1.165) is 12.8 Å². The van der Waals surface area contributed by atoms with Crippen LogP contribution in [0.25, 0.3) is 0 Å². The Labute approximate surface area is 292 Å². The molecule has 2 amide bonds. The van der Waals surface area contributed by atoms with Gasteiger partial charge in [0, 0.05) is 37.8 Å². The van der Waals surface area contributed by atoms with Gasteiger partial charge in [-0.3, -0.25) is 19.0 Å². The molecule has 0 aliphatic carbocycles. The average molecular weight is 682 g/mol. The molecule has 1 aromatic carbocycles. The molecule has 0 radical (unpaired) electrons. The third-order valence-electron chi connectivity index (χ3n) is 8.80. The molecule has 2 atom stereocenters. The Hall–Kier alpha value is -3.57. The maximum absolute atomic E-state index is 12.7. The number of nitrogens with zero attached hydrogens (tertiary/aromatic N) is 2. The Morgan fingerprint density at radius 2 is 1.45 bits per heavy atom. The Bertz CT molecular complexity index is 1290. The van der Waals surface area contributed by atoms with Crippen molar-refractivity contribution < 1.29 is 23.9 Å². The molecule has 272 valence electrons. The highest BCUT2D eigenvalue weighted by atomic mass is 16.6. The van der Waals surface area contributed by atoms with Gasteiger partial charge < -0.3 is 25.4 Å². The minimum atomic E-state index is -0.661. The molecule has 3 rings (SSSR count). The third-order valence-corrected chi connectivity index (χ3v) is 8.80. The van der Waals surface area contributed by atoms with Gasteiger partial charge >= 0.3 is 11.7 Å². The molecule has 2 heterocycles. The fourth-order valence-corrected chi connectivity index (χ4v) is 5.89. The van der Waals surface area contributed by atoms with Crippen molar-refractivity contribution in [3.05, 3.63) is 58.6 Å². The molecule has 1 aromatic heterocycles. The molecular formula is C38H59N5O6. The van der Waals surface area contributed by atoms with Crippen LogP contribution in [-0.2, 0) is 19.1 Å². The number of hydrogen-bond donors (Lipinski definition) is 3. The Morgan fingerprint density at radius 3 is 2.06 bits per heavy atom. The van der Waals surface area contributed by atoms with Crippen molar-refractivity contribution in [1.82, 2.24) is 20.2 Å². The summed E-state index contributed by atoms with van der Waals surface area (Å²) in [5.41, 5.74) is -0.127. The van der Waals surface area contributed by atoms with Crippen LogP contribution >= 0.6 is 0 Å². The van der Waals surface area contributed by atoms with Crippen molar-refractivity contribution in [2.75, 3.05) is 31.6 Å². The summed E-state index contributed by atoms with van der Waals surface area (Å²) in [7, 11) is 0. The second-order valence-electron chi connectivity index (χ2n) is 13.0. The van der Waals surface area contributed by atoms with Gasteiger partial charge in [-0.1, -0.05) is 121 Å². The van der Waals surface area contributed by atoms with Crippen LogP contribution in [0, 0.1) is 0 Å². The maximum atomic E-state index is 12.7. The van der Waals surface area contributed by atoms with Gasteiger partial charge in [-0.2, -0.15) is 4.98 Å². The Balaban J connectivity index is 1.17. The lowest BCUT2D eigenvalue weighted by atomic mass is 10.0. The van der Waals surface area contributed by atoms with Gasteiger partial charge in [0.15, 0.2) is 6.23 Å². The molecule has 0 unspecified atom stereocenters. The van der Waals surface area contributed by atoms with Crippen LogP contribution in [0.2, 0.25) is 0 Å². The largest absolute Gasteiger partial charge is 0.463 e. The number of ether oxygens (including phenoxy) is 2. The van der Waals surface area contributed by atoms with Gasteiger partial charge in [-0.25, -0.2) is 4.79 Å². The average Bonchev–Trinajstić information content (AvgIpc) is 3.11. The predicted octanol–water partition coefficient (Wildman–Crippen LogP) is 6.68. The number of amides is 2. The van der Waals surface area contributed by atoms with Gasteiger partial charge in [0.05, 0.1) is 6.42 Å². The standard InChI is InChI=1S/C38H59N5O6/c1-2-3-4-5-6-7-8-9-10-11-12-13-14-15-16-20-26-40-34(44)23-24-36(45)48-30-32-28-39-29-35(49-32)43-27-25-33(42-38(43)47)41-37(46)31-21-18-17-19-22-31/h17-19,21-22,25,27,32,35,39H,2-16,20,23-24,26,28-30H2,1H3,(H,40,44)(H,41,42,46,47)/t32-,35+/m0/s1. The first-order valence-corrected chi connectivity index (χ1v) is 18.7. The van der Waals surface area contributed by atoms with Crippen LogP contribution in [0.3, 0.4) is 0 Å². The molecule has 11 heteroatoms. The molecule has 1 aliphatic rings. The zero-order valence-electron chi connectivity index (χ0n) is 29.6. The Morgan fingerprint density at radius 1 is 0.837 bits per heavy atom. The van der Waals surface area contributed by atoms with E-state index in [4.69, 9.17) is 9.47 Å². The number of nitrogens with one attached hydrogen (secondary N) is 3. The van der Waals surface area contributed by atoms with Crippen molar-refractivity contribution in [3.63, 3.8) is 0 Å². The number of hydrogen-bond acceptors (Lipinski definition) is 8. The van der Waals surface area contributed by atoms with Crippen LogP contribution in [0.1, 0.15) is 139 Å². The molecule has 2 aromatic rings. The van der Waals surface area contributed by atoms with Gasteiger partial charge in [0.2, 0.25) is 5.91 Å². The summed E-state index contributed by atoms with van der Waals surface area (Å²) in [6.07, 6.45) is 21.4. The number of benzene rings is 1. The summed E-state index contributed by atoms with van der Waals surface area (Å²) in [6.45, 7) is 3.70. The molecule has 0 bridgehead atoms. The second kappa shape index (κ2) is 24.5. The molecule has 1 aliphatic heterocycles. The minimum Gasteiger partial charge on any atom is -0.463 e. The number of esters is 1. The van der Waals surface area contributed by atoms with Crippen molar-refractivity contribution in [2.24, 2.45) is 0 Å². The van der Waals surface area contributed by atoms with Gasteiger partial charge in [-0.15, -0.1) is 0 Å². The third kappa shape index (κ3) is 17.1. The number of unbranched alkanes of at least 4 members (excludes halogenated alkanes) is 15. The second-order valence-corrected chi connectivity index (χ2v) is 13.0. The zero-order valence-corrected chi connectivity index (χ0v) is 29.6. The molecule has 1 saturated heterocycles. The highest BCUT2D eigenvalue weighted by molar-refractivity contribution is 6.03. The minimum absolute atomic E-state index is 0.00343. The summed E-state index contributed by atoms with van der Waals surface area (Å²) in [4.78, 5) is 53.5. The summed E-state index contributed by atoms with van der Waals surface area (Å²) < 4.78 is 12.7. The van der Waals surface area contributed by atoms with Crippen LogP contribution in [0.5, 0.6) is 0 Å². The van der Waals surface area contributed by atoms with E-state index in [1.54, 1.807) is 24.3 Å². The van der Waals surface area contributed by atoms with E-state index in [-0.39, 0.29) is 37.1 Å². The summed E-state index contributed by atoms with van der Waals surface area (Å²) in [5.74, 6) is -0.849. The summed E-state index contributed by atoms with van der Waals surface area (Å²) in [6, 6.07) is 10.2.